The average molecular weight is 477 g/mol. The monoisotopic (exact) mass is 476 g/mol. The molecule has 4 fully saturated rings. The summed E-state index contributed by atoms with van der Waals surface area (Å²) < 4.78 is 17.2. The maximum absolute atomic E-state index is 13.5. The number of fused-ring (bicyclic) bond motifs is 5. The van der Waals surface area contributed by atoms with Gasteiger partial charge in [0.1, 0.15) is 11.7 Å². The molecule has 2 aliphatic heterocycles. The molecule has 188 valence electrons. The number of allylic oxidation sites excluding steroid dienone is 1. The van der Waals surface area contributed by atoms with E-state index in [1.54, 1.807) is 27.7 Å². The Balaban J connectivity index is 1.98. The molecule has 2 saturated carbocycles. The van der Waals surface area contributed by atoms with Gasteiger partial charge in [-0.05, 0) is 46.5 Å². The molecule has 2 aliphatic carbocycles. The molecule has 8 heteroatoms. The van der Waals surface area contributed by atoms with Crippen molar-refractivity contribution < 1.29 is 38.5 Å². The van der Waals surface area contributed by atoms with Crippen molar-refractivity contribution in [2.75, 3.05) is 0 Å². The molecule has 0 bridgehead atoms. The number of ketones is 1. The number of aliphatic hydroxyl groups excluding tert-OH is 1. The number of cyclic esters (lactones) is 2. The van der Waals surface area contributed by atoms with Gasteiger partial charge in [0, 0.05) is 23.7 Å². The van der Waals surface area contributed by atoms with Gasteiger partial charge in [-0.2, -0.15) is 0 Å². The third kappa shape index (κ3) is 2.99. The molecule has 0 unspecified atom stereocenters. The summed E-state index contributed by atoms with van der Waals surface area (Å²) in [6, 6.07) is 0. The van der Waals surface area contributed by atoms with Crippen LogP contribution in [-0.4, -0.2) is 52.7 Å². The predicted octanol–water partition coefficient (Wildman–Crippen LogP) is 2.75. The minimum atomic E-state index is -1.20. The van der Waals surface area contributed by atoms with Crippen LogP contribution in [0.5, 0.6) is 0 Å². The van der Waals surface area contributed by atoms with E-state index in [-0.39, 0.29) is 24.5 Å². The molecule has 2 heterocycles. The number of carbonyl (C=O) groups is 4. The summed E-state index contributed by atoms with van der Waals surface area (Å²) in [6.07, 6.45) is -2.31. The first kappa shape index (κ1) is 24.9. The topological polar surface area (TPSA) is 116 Å². The lowest BCUT2D eigenvalue weighted by Crippen LogP contribution is -2.72. The molecule has 1 N–H and O–H groups in total. The molecule has 0 aromatic carbocycles. The Morgan fingerprint density at radius 1 is 1.06 bits per heavy atom. The van der Waals surface area contributed by atoms with E-state index in [1.807, 2.05) is 13.8 Å². The van der Waals surface area contributed by atoms with E-state index in [4.69, 9.17) is 14.2 Å². The summed E-state index contributed by atoms with van der Waals surface area (Å²) in [5.74, 6) is -3.53. The minimum absolute atomic E-state index is 0.184. The SMILES string of the molecule is C=C1C[C@H]2[C@]3(C)[C@H](C[C@@H](OC(C)=O)[C@@]2(C)[C@@H]2C(=O)O[C@H](C)C(=O)[C@]12C)C(C)(C)OC(=O)C[C@@H]3O. The van der Waals surface area contributed by atoms with Gasteiger partial charge < -0.3 is 19.3 Å². The van der Waals surface area contributed by atoms with Crippen LogP contribution in [0.25, 0.3) is 0 Å². The Bertz CT molecular complexity index is 983. The maximum atomic E-state index is 13.5. The van der Waals surface area contributed by atoms with Gasteiger partial charge in [-0.3, -0.25) is 19.2 Å². The minimum Gasteiger partial charge on any atom is -0.462 e. The number of ether oxygens (including phenoxy) is 3. The number of Topliss-reactive ketones (excluding diaryl/α,β-unsaturated/α-hetero) is 1. The zero-order chi connectivity index (χ0) is 25.6. The quantitative estimate of drug-likeness (QED) is 0.349. The smallest absolute Gasteiger partial charge is 0.311 e. The number of aliphatic hydroxyl groups is 1. The summed E-state index contributed by atoms with van der Waals surface area (Å²) in [7, 11) is 0. The van der Waals surface area contributed by atoms with E-state index in [0.717, 1.165) is 0 Å². The summed E-state index contributed by atoms with van der Waals surface area (Å²) in [4.78, 5) is 51.8. The molecule has 0 aromatic heterocycles. The Hall–Kier alpha value is -2.22. The van der Waals surface area contributed by atoms with Crippen LogP contribution in [0.4, 0.5) is 0 Å². The molecule has 8 nitrogen and oxygen atoms in total. The lowest BCUT2D eigenvalue weighted by Gasteiger charge is -2.68. The van der Waals surface area contributed by atoms with Gasteiger partial charge in [0.2, 0.25) is 0 Å². The van der Waals surface area contributed by atoms with Gasteiger partial charge in [-0.15, -0.1) is 0 Å². The largest absolute Gasteiger partial charge is 0.462 e. The fourth-order valence-electron chi connectivity index (χ4n) is 8.15. The fourth-order valence-corrected chi connectivity index (χ4v) is 8.15. The molecular weight excluding hydrogens is 440 g/mol. The first-order chi connectivity index (χ1) is 15.5. The standard InChI is InChI=1S/C26H36O8/c1-12-9-16-25(7)15(23(4,5)34-19(29)11-17(25)28)10-18(33-14(3)27)26(16,8)20-22(31)32-13(2)21(30)24(12,20)6/h13,15-18,20,28H,1,9-11H2,2-8H3/t13-,15-,16+,17+,18-,20-,24-,25+,26+/m1/s1. The van der Waals surface area contributed by atoms with Gasteiger partial charge >= 0.3 is 17.9 Å². The van der Waals surface area contributed by atoms with Crippen molar-refractivity contribution in [3.8, 4) is 0 Å². The van der Waals surface area contributed by atoms with E-state index in [0.29, 0.717) is 12.0 Å². The van der Waals surface area contributed by atoms with Crippen LogP contribution in [0.2, 0.25) is 0 Å². The predicted molar refractivity (Wildman–Crippen MR) is 120 cm³/mol. The molecular formula is C26H36O8. The van der Waals surface area contributed by atoms with Crippen molar-refractivity contribution in [2.24, 2.45) is 34.0 Å². The van der Waals surface area contributed by atoms with Crippen molar-refractivity contribution in [3.05, 3.63) is 12.2 Å². The van der Waals surface area contributed by atoms with Gasteiger partial charge in [-0.25, -0.2) is 0 Å². The Morgan fingerprint density at radius 2 is 1.68 bits per heavy atom. The Kier molecular flexibility index (Phi) is 5.41. The van der Waals surface area contributed by atoms with E-state index < -0.39 is 69.9 Å². The van der Waals surface area contributed by atoms with Crippen LogP contribution in [0, 0.1) is 34.0 Å². The van der Waals surface area contributed by atoms with Crippen LogP contribution < -0.4 is 0 Å². The molecule has 9 atom stereocenters. The van der Waals surface area contributed by atoms with E-state index >= 15 is 0 Å². The van der Waals surface area contributed by atoms with Crippen LogP contribution in [0.3, 0.4) is 0 Å². The highest BCUT2D eigenvalue weighted by Gasteiger charge is 2.75. The lowest BCUT2D eigenvalue weighted by molar-refractivity contribution is -0.255. The van der Waals surface area contributed by atoms with Crippen LogP contribution in [0.1, 0.15) is 67.7 Å². The number of hydrogen-bond acceptors (Lipinski definition) is 8. The normalized spacial score (nSPS) is 47.9. The second kappa shape index (κ2) is 7.39. The highest BCUT2D eigenvalue weighted by atomic mass is 16.6. The summed E-state index contributed by atoms with van der Waals surface area (Å²) >= 11 is 0. The number of carbonyl (C=O) groups excluding carboxylic acids is 4. The van der Waals surface area contributed by atoms with Crippen molar-refractivity contribution in [1.29, 1.82) is 0 Å². The maximum Gasteiger partial charge on any atom is 0.311 e. The Labute approximate surface area is 200 Å². The summed E-state index contributed by atoms with van der Waals surface area (Å²) in [5, 5.41) is 11.5. The average Bonchev–Trinajstić information content (AvgIpc) is 2.75. The molecule has 2 saturated heterocycles. The summed E-state index contributed by atoms with van der Waals surface area (Å²) in [6.45, 7) is 16.3. The first-order valence-corrected chi connectivity index (χ1v) is 12.0. The highest BCUT2D eigenvalue weighted by Crippen LogP contribution is 2.71. The molecule has 34 heavy (non-hydrogen) atoms. The zero-order valence-electron chi connectivity index (χ0n) is 21.1. The molecule has 0 amide bonds. The van der Waals surface area contributed by atoms with Crippen molar-refractivity contribution in [1.82, 2.24) is 0 Å². The van der Waals surface area contributed by atoms with Crippen molar-refractivity contribution >= 4 is 23.7 Å². The highest BCUT2D eigenvalue weighted by molar-refractivity contribution is 6.00. The van der Waals surface area contributed by atoms with Crippen LogP contribution >= 0.6 is 0 Å². The fraction of sp³-hybridized carbons (Fsp3) is 0.769. The van der Waals surface area contributed by atoms with Crippen LogP contribution in [-0.2, 0) is 33.4 Å². The van der Waals surface area contributed by atoms with E-state index in [2.05, 4.69) is 6.58 Å². The second-order valence-electron chi connectivity index (χ2n) is 11.9. The molecule has 0 aromatic rings. The van der Waals surface area contributed by atoms with Gasteiger partial charge in [0.05, 0.1) is 23.9 Å². The van der Waals surface area contributed by atoms with Gasteiger partial charge in [0.15, 0.2) is 11.9 Å². The van der Waals surface area contributed by atoms with E-state index in [1.165, 1.54) is 6.92 Å². The first-order valence-electron chi connectivity index (χ1n) is 12.0. The molecule has 4 aliphatic rings. The molecule has 0 spiro atoms. The van der Waals surface area contributed by atoms with Crippen LogP contribution in [0.15, 0.2) is 12.2 Å². The van der Waals surface area contributed by atoms with Crippen molar-refractivity contribution in [2.45, 2.75) is 91.6 Å². The Morgan fingerprint density at radius 3 is 2.26 bits per heavy atom. The molecule has 4 rings (SSSR count). The van der Waals surface area contributed by atoms with Gasteiger partial charge in [-0.1, -0.05) is 26.0 Å². The summed E-state index contributed by atoms with van der Waals surface area (Å²) in [5.41, 5.74) is -3.50. The second-order valence-corrected chi connectivity index (χ2v) is 11.9. The van der Waals surface area contributed by atoms with Gasteiger partial charge in [0.25, 0.3) is 0 Å². The van der Waals surface area contributed by atoms with Crippen molar-refractivity contribution in [3.63, 3.8) is 0 Å². The van der Waals surface area contributed by atoms with E-state index in [9.17, 15) is 24.3 Å². The number of rotatable bonds is 1. The lowest BCUT2D eigenvalue weighted by atomic mass is 9.36. The third-order valence-electron chi connectivity index (χ3n) is 9.79. The number of hydrogen-bond donors (Lipinski definition) is 1. The zero-order valence-corrected chi connectivity index (χ0v) is 21.1. The number of esters is 3. The molecule has 0 radical (unpaired) electrons. The third-order valence-corrected chi connectivity index (χ3v) is 9.79.